The molecule has 0 aliphatic carbocycles. The van der Waals surface area contributed by atoms with Crippen LogP contribution in [0, 0.1) is 5.92 Å². The average molecular weight is 730 g/mol. The maximum Gasteiger partial charge on any atom is 0.257 e. The third-order valence-electron chi connectivity index (χ3n) is 8.21. The number of aliphatic hydroxyl groups is 1. The summed E-state index contributed by atoms with van der Waals surface area (Å²) in [6.45, 7) is 7.59. The van der Waals surface area contributed by atoms with Crippen molar-refractivity contribution in [3.63, 3.8) is 0 Å². The van der Waals surface area contributed by atoms with Crippen molar-refractivity contribution in [3.05, 3.63) is 45.6 Å². The lowest BCUT2D eigenvalue weighted by Crippen LogP contribution is -2.57. The fourth-order valence-corrected chi connectivity index (χ4v) is 6.23. The van der Waals surface area contributed by atoms with Gasteiger partial charge in [-0.05, 0) is 75.6 Å². The fraction of sp³-hybridized carbons (Fsp3) is 0.556. The lowest BCUT2D eigenvalue weighted by molar-refractivity contribution is -0.134. The van der Waals surface area contributed by atoms with Crippen LogP contribution in [0.25, 0.3) is 0 Å². The van der Waals surface area contributed by atoms with Crippen molar-refractivity contribution >= 4 is 46.7 Å². The molecule has 0 unspecified atom stereocenters. The summed E-state index contributed by atoms with van der Waals surface area (Å²) in [5.74, 6) is -1.47. The van der Waals surface area contributed by atoms with E-state index >= 15 is 0 Å². The highest BCUT2D eigenvalue weighted by atomic mass is 32.1. The minimum Gasteiger partial charge on any atom is -0.493 e. The van der Waals surface area contributed by atoms with Crippen molar-refractivity contribution in [2.75, 3.05) is 39.9 Å². The zero-order chi connectivity index (χ0) is 37.5. The number of aliphatic hydroxyl groups excluding tert-OH is 1. The average Bonchev–Trinajstić information content (AvgIpc) is 3.59. The SMILES string of the molecule is COc1cc2ccc1OCC(=O)NCCCN(C(=O)c1csc(C(C)=O)c1)CCCCNC(=O)[C@H]([C@@H](C)O)NC(=O)[C@@H](CC(C)C)NC(=O)CC2. The molecule has 1 aromatic heterocycles. The van der Waals surface area contributed by atoms with Gasteiger partial charge >= 0.3 is 0 Å². The van der Waals surface area contributed by atoms with E-state index in [9.17, 15) is 33.9 Å². The summed E-state index contributed by atoms with van der Waals surface area (Å²) in [4.78, 5) is 79.4. The largest absolute Gasteiger partial charge is 0.493 e. The summed E-state index contributed by atoms with van der Waals surface area (Å²) in [5.41, 5.74) is 1.17. The van der Waals surface area contributed by atoms with Crippen molar-refractivity contribution in [2.24, 2.45) is 5.92 Å². The number of amides is 5. The Morgan fingerprint density at radius 3 is 2.35 bits per heavy atom. The highest BCUT2D eigenvalue weighted by Gasteiger charge is 2.30. The Balaban J connectivity index is 1.79. The number of carbonyl (C=O) groups is 6. The molecule has 2 bridgehead atoms. The van der Waals surface area contributed by atoms with Crippen LogP contribution in [0.15, 0.2) is 29.6 Å². The first-order valence-corrected chi connectivity index (χ1v) is 18.2. The van der Waals surface area contributed by atoms with E-state index in [0.717, 1.165) is 5.56 Å². The van der Waals surface area contributed by atoms with Gasteiger partial charge in [-0.1, -0.05) is 19.9 Å². The number of carbonyl (C=O) groups excluding carboxylic acids is 6. The Morgan fingerprint density at radius 2 is 1.69 bits per heavy atom. The second kappa shape index (κ2) is 20.4. The van der Waals surface area contributed by atoms with Gasteiger partial charge in [-0.3, -0.25) is 28.8 Å². The van der Waals surface area contributed by atoms with E-state index in [-0.39, 0.29) is 55.5 Å². The van der Waals surface area contributed by atoms with Crippen molar-refractivity contribution in [3.8, 4) is 11.5 Å². The summed E-state index contributed by atoms with van der Waals surface area (Å²) in [6, 6.07) is 4.53. The Hall–Kier alpha value is -4.50. The fourth-order valence-electron chi connectivity index (χ4n) is 5.44. The van der Waals surface area contributed by atoms with Crippen LogP contribution in [0.5, 0.6) is 11.5 Å². The van der Waals surface area contributed by atoms with E-state index in [2.05, 4.69) is 21.3 Å². The molecular formula is C36H51N5O9S. The third-order valence-corrected chi connectivity index (χ3v) is 9.24. The number of benzene rings is 1. The van der Waals surface area contributed by atoms with Gasteiger partial charge in [-0.25, -0.2) is 0 Å². The molecule has 3 atom stereocenters. The number of fused-ring (bicyclic) bond motifs is 23. The van der Waals surface area contributed by atoms with E-state index < -0.39 is 30.0 Å². The molecule has 51 heavy (non-hydrogen) atoms. The van der Waals surface area contributed by atoms with Crippen LogP contribution >= 0.6 is 11.3 Å². The van der Waals surface area contributed by atoms with Gasteiger partial charge < -0.3 is 40.7 Å². The number of Topliss-reactive ketones (excluding diaryl/α,β-unsaturated/α-hetero) is 1. The maximum atomic E-state index is 13.4. The number of aryl methyl sites for hydroxylation is 1. The number of hydrogen-bond donors (Lipinski definition) is 5. The van der Waals surface area contributed by atoms with Crippen molar-refractivity contribution in [2.45, 2.75) is 84.4 Å². The Labute approximate surface area is 303 Å². The molecule has 5 N–H and O–H groups in total. The second-order valence-electron chi connectivity index (χ2n) is 13.0. The number of hydrogen-bond acceptors (Lipinski definition) is 10. The first-order valence-electron chi connectivity index (χ1n) is 17.3. The second-order valence-corrected chi connectivity index (χ2v) is 13.9. The van der Waals surface area contributed by atoms with Gasteiger partial charge in [-0.2, -0.15) is 0 Å². The maximum absolute atomic E-state index is 13.4. The number of nitrogens with zero attached hydrogens (tertiary/aromatic N) is 1. The number of ketones is 1. The summed E-state index contributed by atoms with van der Waals surface area (Å²) in [5, 5.41) is 23.0. The van der Waals surface area contributed by atoms with Gasteiger partial charge in [0.1, 0.15) is 12.1 Å². The zero-order valence-electron chi connectivity index (χ0n) is 30.0. The predicted octanol–water partition coefficient (Wildman–Crippen LogP) is 2.23. The quantitative estimate of drug-likeness (QED) is 0.219. The highest BCUT2D eigenvalue weighted by Crippen LogP contribution is 2.28. The third kappa shape index (κ3) is 13.3. The van der Waals surface area contributed by atoms with Crippen LogP contribution in [0.3, 0.4) is 0 Å². The molecule has 3 heterocycles. The van der Waals surface area contributed by atoms with E-state index in [0.29, 0.717) is 67.1 Å². The van der Waals surface area contributed by atoms with Gasteiger partial charge in [0.25, 0.3) is 11.8 Å². The Bertz CT molecular complexity index is 1530. The molecule has 4 rings (SSSR count). The Morgan fingerprint density at radius 1 is 0.961 bits per heavy atom. The first-order chi connectivity index (χ1) is 24.3. The predicted molar refractivity (Wildman–Crippen MR) is 192 cm³/mol. The van der Waals surface area contributed by atoms with E-state index in [1.807, 2.05) is 13.8 Å². The molecule has 14 nitrogen and oxygen atoms in total. The van der Waals surface area contributed by atoms with Crippen LogP contribution in [0.2, 0.25) is 0 Å². The van der Waals surface area contributed by atoms with Gasteiger partial charge in [0, 0.05) is 38.0 Å². The topological polar surface area (TPSA) is 192 Å². The van der Waals surface area contributed by atoms with Crippen LogP contribution in [0.4, 0.5) is 0 Å². The summed E-state index contributed by atoms with van der Waals surface area (Å²) in [7, 11) is 1.47. The summed E-state index contributed by atoms with van der Waals surface area (Å²) >= 11 is 1.20. The molecule has 5 amide bonds. The molecule has 0 saturated carbocycles. The molecule has 0 fully saturated rings. The van der Waals surface area contributed by atoms with Crippen LogP contribution in [0.1, 0.15) is 85.4 Å². The number of thiophene rings is 1. The van der Waals surface area contributed by atoms with Crippen LogP contribution in [-0.4, -0.2) is 103 Å². The summed E-state index contributed by atoms with van der Waals surface area (Å²) < 4.78 is 11.2. The zero-order valence-corrected chi connectivity index (χ0v) is 30.9. The molecule has 2 aliphatic heterocycles. The molecule has 2 aliphatic rings. The molecule has 0 saturated heterocycles. The van der Waals surface area contributed by atoms with Crippen molar-refractivity contribution < 1.29 is 43.3 Å². The van der Waals surface area contributed by atoms with Gasteiger partial charge in [0.15, 0.2) is 23.9 Å². The molecule has 2 aromatic rings. The van der Waals surface area contributed by atoms with Gasteiger partial charge in [-0.15, -0.1) is 11.3 Å². The van der Waals surface area contributed by atoms with Crippen LogP contribution < -0.4 is 30.7 Å². The molecule has 0 radical (unpaired) electrons. The lowest BCUT2D eigenvalue weighted by Gasteiger charge is -2.26. The number of ether oxygens (including phenoxy) is 2. The number of nitrogens with one attached hydrogen (secondary N) is 4. The summed E-state index contributed by atoms with van der Waals surface area (Å²) in [6.07, 6.45) is 0.975. The lowest BCUT2D eigenvalue weighted by atomic mass is 10.0. The molecular weight excluding hydrogens is 678 g/mol. The van der Waals surface area contributed by atoms with Gasteiger partial charge in [0.2, 0.25) is 17.7 Å². The highest BCUT2D eigenvalue weighted by molar-refractivity contribution is 7.12. The van der Waals surface area contributed by atoms with Crippen LogP contribution in [-0.2, 0) is 25.6 Å². The van der Waals surface area contributed by atoms with E-state index in [1.54, 1.807) is 34.5 Å². The molecule has 280 valence electrons. The van der Waals surface area contributed by atoms with E-state index in [1.165, 1.54) is 32.3 Å². The molecule has 0 spiro atoms. The standard InChI is InChI=1S/C36H51N5O9S/c1-22(2)17-27-34(46)40-33(24(4)43)35(47)38-13-6-7-15-41(36(48)26-19-30(23(3)42)51-21-26)16-8-14-37-32(45)20-50-28-11-9-25(18-29(28)49-5)10-12-31(44)39-27/h9,11,18-19,21-22,24,27,33,43H,6-8,10,12-17,20H2,1-5H3,(H,37,45)(H,38,47)(H,39,44)(H,40,46)/t24-,27-,33+/m1/s1. The smallest absolute Gasteiger partial charge is 0.257 e. The normalized spacial score (nSPS) is 20.0. The minimum atomic E-state index is -1.25. The van der Waals surface area contributed by atoms with Crippen molar-refractivity contribution in [1.82, 2.24) is 26.2 Å². The van der Waals surface area contributed by atoms with Crippen molar-refractivity contribution in [1.29, 1.82) is 0 Å². The number of rotatable bonds is 6. The monoisotopic (exact) mass is 729 g/mol. The minimum absolute atomic E-state index is 0.0430. The molecule has 1 aromatic carbocycles. The van der Waals surface area contributed by atoms with Gasteiger partial charge in [0.05, 0.1) is 23.7 Å². The Kier molecular flexibility index (Phi) is 16.3. The first kappa shape index (κ1) is 40.9. The number of methoxy groups -OCH3 is 1. The van der Waals surface area contributed by atoms with E-state index in [4.69, 9.17) is 9.47 Å². The molecule has 15 heteroatoms.